The zero-order chi connectivity index (χ0) is 9.52. The first-order valence-corrected chi connectivity index (χ1v) is 4.34. The minimum Gasteiger partial charge on any atom is -0.370 e. The average Bonchev–Trinajstić information content (AvgIpc) is 2.64. The number of nitrogens with two attached hydrogens (primary N) is 1. The van der Waals surface area contributed by atoms with Gasteiger partial charge < -0.3 is 11.1 Å². The van der Waals surface area contributed by atoms with Crippen molar-refractivity contribution in [2.75, 3.05) is 6.54 Å². The normalized spacial score (nSPS) is 11.6. The molecule has 4 N–H and O–H groups in total. The predicted molar refractivity (Wildman–Crippen MR) is 52.2 cm³/mol. The van der Waals surface area contributed by atoms with E-state index in [0.717, 1.165) is 18.5 Å². The highest BCUT2D eigenvalue weighted by Crippen LogP contribution is 1.94. The first-order valence-electron chi connectivity index (χ1n) is 4.34. The lowest BCUT2D eigenvalue weighted by Gasteiger charge is -2.01. The molecule has 0 bridgehead atoms. The van der Waals surface area contributed by atoms with Crippen molar-refractivity contribution in [1.29, 1.82) is 0 Å². The van der Waals surface area contributed by atoms with Crippen molar-refractivity contribution in [3.05, 3.63) is 18.0 Å². The third kappa shape index (κ3) is 3.59. The average molecular weight is 181 g/mol. The van der Waals surface area contributed by atoms with Gasteiger partial charge in [-0.3, -0.25) is 5.10 Å². The predicted octanol–water partition coefficient (Wildman–Crippen LogP) is 0.224. The number of hydrogen-bond acceptors (Lipinski definition) is 2. The highest BCUT2D eigenvalue weighted by atomic mass is 15.1. The van der Waals surface area contributed by atoms with Crippen molar-refractivity contribution in [2.45, 2.75) is 19.9 Å². The monoisotopic (exact) mass is 181 g/mol. The maximum Gasteiger partial charge on any atom is 0.188 e. The molecule has 1 aromatic rings. The molecular weight excluding hydrogens is 166 g/mol. The van der Waals surface area contributed by atoms with Gasteiger partial charge in [0.2, 0.25) is 0 Å². The summed E-state index contributed by atoms with van der Waals surface area (Å²) in [6, 6.07) is 0. The molecule has 0 atom stereocenters. The molecule has 0 aliphatic rings. The lowest BCUT2D eigenvalue weighted by Crippen LogP contribution is -2.32. The summed E-state index contributed by atoms with van der Waals surface area (Å²) in [6.45, 7) is 3.51. The number of aliphatic imine (C=N–C) groups is 1. The number of guanidine groups is 1. The Labute approximate surface area is 77.4 Å². The van der Waals surface area contributed by atoms with Crippen LogP contribution in [0.1, 0.15) is 18.9 Å². The number of aromatic nitrogens is 2. The van der Waals surface area contributed by atoms with Crippen LogP contribution in [0.3, 0.4) is 0 Å². The van der Waals surface area contributed by atoms with E-state index < -0.39 is 0 Å². The molecule has 5 heteroatoms. The Morgan fingerprint density at radius 1 is 1.77 bits per heavy atom. The summed E-state index contributed by atoms with van der Waals surface area (Å²) in [5.74, 6) is 0.489. The quantitative estimate of drug-likeness (QED) is 0.459. The van der Waals surface area contributed by atoms with Gasteiger partial charge in [0.15, 0.2) is 5.96 Å². The molecule has 0 spiro atoms. The minimum absolute atomic E-state index is 0.489. The Kier molecular flexibility index (Phi) is 3.81. The molecular formula is C8H15N5. The van der Waals surface area contributed by atoms with Crippen LogP contribution in [-0.2, 0) is 6.54 Å². The lowest BCUT2D eigenvalue weighted by molar-refractivity contribution is 0.825. The van der Waals surface area contributed by atoms with E-state index in [4.69, 9.17) is 5.73 Å². The second-order valence-electron chi connectivity index (χ2n) is 2.73. The Hall–Kier alpha value is -1.52. The summed E-state index contributed by atoms with van der Waals surface area (Å²) < 4.78 is 0. The van der Waals surface area contributed by atoms with Crippen LogP contribution in [0.5, 0.6) is 0 Å². The number of H-pyrrole nitrogens is 1. The van der Waals surface area contributed by atoms with Gasteiger partial charge in [-0.2, -0.15) is 5.10 Å². The fourth-order valence-electron chi connectivity index (χ4n) is 0.850. The molecule has 13 heavy (non-hydrogen) atoms. The first-order chi connectivity index (χ1) is 6.33. The summed E-state index contributed by atoms with van der Waals surface area (Å²) in [4.78, 5) is 4.13. The van der Waals surface area contributed by atoms with Gasteiger partial charge in [-0.15, -0.1) is 0 Å². The highest BCUT2D eigenvalue weighted by molar-refractivity contribution is 5.77. The standard InChI is InChI=1S/C8H15N5/c1-2-3-10-8(9)11-4-7-5-12-13-6-7/h5-6H,2-4H2,1H3,(H,12,13)(H3,9,10,11). The summed E-state index contributed by atoms with van der Waals surface area (Å²) in [5, 5.41) is 9.51. The van der Waals surface area contributed by atoms with E-state index in [1.54, 1.807) is 12.4 Å². The molecule has 72 valence electrons. The van der Waals surface area contributed by atoms with Gasteiger partial charge >= 0.3 is 0 Å². The number of nitrogens with zero attached hydrogens (tertiary/aromatic N) is 2. The fraction of sp³-hybridized carbons (Fsp3) is 0.500. The maximum absolute atomic E-state index is 5.58. The minimum atomic E-state index is 0.489. The SMILES string of the molecule is CCCNC(N)=NCc1cn[nH]c1. The van der Waals surface area contributed by atoms with Crippen molar-refractivity contribution in [3.8, 4) is 0 Å². The summed E-state index contributed by atoms with van der Waals surface area (Å²) in [6.07, 6.45) is 4.58. The molecule has 0 aliphatic heterocycles. The second-order valence-corrected chi connectivity index (χ2v) is 2.73. The summed E-state index contributed by atoms with van der Waals surface area (Å²) in [5.41, 5.74) is 6.61. The zero-order valence-electron chi connectivity index (χ0n) is 7.75. The van der Waals surface area contributed by atoms with Crippen LogP contribution in [0, 0.1) is 0 Å². The van der Waals surface area contributed by atoms with Crippen LogP contribution in [-0.4, -0.2) is 22.7 Å². The van der Waals surface area contributed by atoms with Crippen LogP contribution in [0.2, 0.25) is 0 Å². The van der Waals surface area contributed by atoms with E-state index in [1.165, 1.54) is 0 Å². The van der Waals surface area contributed by atoms with E-state index in [9.17, 15) is 0 Å². The molecule has 1 rings (SSSR count). The van der Waals surface area contributed by atoms with E-state index in [-0.39, 0.29) is 0 Å². The van der Waals surface area contributed by atoms with Gasteiger partial charge in [0.25, 0.3) is 0 Å². The lowest BCUT2D eigenvalue weighted by atomic mass is 10.4. The van der Waals surface area contributed by atoms with Gasteiger partial charge in [-0.25, -0.2) is 4.99 Å². The Balaban J connectivity index is 2.30. The van der Waals surface area contributed by atoms with Gasteiger partial charge in [0.05, 0.1) is 12.7 Å². The van der Waals surface area contributed by atoms with Crippen molar-refractivity contribution in [1.82, 2.24) is 15.5 Å². The molecule has 0 radical (unpaired) electrons. The van der Waals surface area contributed by atoms with Crippen molar-refractivity contribution in [3.63, 3.8) is 0 Å². The number of aromatic amines is 1. The molecule has 5 nitrogen and oxygen atoms in total. The summed E-state index contributed by atoms with van der Waals surface area (Å²) >= 11 is 0. The molecule has 0 aliphatic carbocycles. The Morgan fingerprint density at radius 3 is 3.23 bits per heavy atom. The molecule has 1 heterocycles. The molecule has 0 saturated carbocycles. The smallest absolute Gasteiger partial charge is 0.188 e. The van der Waals surface area contributed by atoms with Crippen LogP contribution < -0.4 is 11.1 Å². The van der Waals surface area contributed by atoms with Gasteiger partial charge in [-0.1, -0.05) is 6.92 Å². The molecule has 0 saturated heterocycles. The molecule has 1 aromatic heterocycles. The largest absolute Gasteiger partial charge is 0.370 e. The second kappa shape index (κ2) is 5.18. The number of nitrogens with one attached hydrogen (secondary N) is 2. The fourth-order valence-corrected chi connectivity index (χ4v) is 0.850. The van der Waals surface area contributed by atoms with Crippen molar-refractivity contribution < 1.29 is 0 Å². The van der Waals surface area contributed by atoms with E-state index in [2.05, 4.69) is 27.4 Å². The van der Waals surface area contributed by atoms with Gasteiger partial charge in [0.1, 0.15) is 0 Å². The van der Waals surface area contributed by atoms with Crippen molar-refractivity contribution >= 4 is 5.96 Å². The highest BCUT2D eigenvalue weighted by Gasteiger charge is 1.92. The van der Waals surface area contributed by atoms with Crippen LogP contribution in [0.4, 0.5) is 0 Å². The molecule has 0 unspecified atom stereocenters. The third-order valence-corrected chi connectivity index (χ3v) is 1.54. The molecule has 0 fully saturated rings. The molecule has 0 aromatic carbocycles. The van der Waals surface area contributed by atoms with Gasteiger partial charge in [-0.05, 0) is 6.42 Å². The maximum atomic E-state index is 5.58. The Bertz CT molecular complexity index is 252. The summed E-state index contributed by atoms with van der Waals surface area (Å²) in [7, 11) is 0. The van der Waals surface area contributed by atoms with Crippen LogP contribution in [0.25, 0.3) is 0 Å². The first kappa shape index (κ1) is 9.57. The third-order valence-electron chi connectivity index (χ3n) is 1.54. The number of hydrogen-bond donors (Lipinski definition) is 3. The van der Waals surface area contributed by atoms with Crippen LogP contribution >= 0.6 is 0 Å². The van der Waals surface area contributed by atoms with E-state index in [1.807, 2.05) is 0 Å². The van der Waals surface area contributed by atoms with E-state index in [0.29, 0.717) is 12.5 Å². The Morgan fingerprint density at radius 2 is 2.62 bits per heavy atom. The van der Waals surface area contributed by atoms with Crippen LogP contribution in [0.15, 0.2) is 17.4 Å². The zero-order valence-corrected chi connectivity index (χ0v) is 7.75. The topological polar surface area (TPSA) is 79.1 Å². The number of rotatable bonds is 4. The van der Waals surface area contributed by atoms with E-state index >= 15 is 0 Å². The molecule has 0 amide bonds. The van der Waals surface area contributed by atoms with Gasteiger partial charge in [0, 0.05) is 18.3 Å². The van der Waals surface area contributed by atoms with Crippen molar-refractivity contribution in [2.24, 2.45) is 10.7 Å².